The Bertz CT molecular complexity index is 1050. The van der Waals surface area contributed by atoms with Crippen LogP contribution in [-0.2, 0) is 19.6 Å². The van der Waals surface area contributed by atoms with Crippen molar-refractivity contribution in [2.75, 3.05) is 38.3 Å². The number of hydrogen-bond acceptors (Lipinski definition) is 6. The standard InChI is InChI=1S/C22H27N3O5S2/c1-25(32(28,29)18-11-9-17(31-2)10-12-18)15-21(26)24-20-8-4-3-7-19(20)22(27)23-14-16-6-5-13-30-16/h3-4,7-12,16H,5-6,13-15H2,1-2H3,(H,23,27)(H,24,26)/t16-/m0/s1. The van der Waals surface area contributed by atoms with Crippen LogP contribution >= 0.6 is 11.8 Å². The maximum absolute atomic E-state index is 12.8. The first-order valence-corrected chi connectivity index (χ1v) is 12.9. The number of sulfonamides is 1. The Balaban J connectivity index is 1.63. The van der Waals surface area contributed by atoms with Gasteiger partial charge in [-0.3, -0.25) is 9.59 Å². The van der Waals surface area contributed by atoms with E-state index < -0.39 is 22.5 Å². The second-order valence-corrected chi connectivity index (χ2v) is 10.3. The minimum atomic E-state index is -3.83. The van der Waals surface area contributed by atoms with Crippen LogP contribution in [0.2, 0.25) is 0 Å². The Morgan fingerprint density at radius 3 is 2.53 bits per heavy atom. The molecular formula is C22H27N3O5S2. The minimum absolute atomic E-state index is 0.00421. The fraction of sp³-hybridized carbons (Fsp3) is 0.364. The molecule has 2 N–H and O–H groups in total. The van der Waals surface area contributed by atoms with Gasteiger partial charge in [0.15, 0.2) is 0 Å². The summed E-state index contributed by atoms with van der Waals surface area (Å²) < 4.78 is 32.0. The molecular weight excluding hydrogens is 450 g/mol. The molecule has 0 aliphatic carbocycles. The number of benzene rings is 2. The number of ether oxygens (including phenoxy) is 1. The fourth-order valence-corrected chi connectivity index (χ4v) is 4.84. The van der Waals surface area contributed by atoms with Gasteiger partial charge in [0.25, 0.3) is 5.91 Å². The lowest BCUT2D eigenvalue weighted by Gasteiger charge is -2.18. The molecule has 2 amide bonds. The van der Waals surface area contributed by atoms with E-state index in [1.54, 1.807) is 36.4 Å². The topological polar surface area (TPSA) is 105 Å². The highest BCUT2D eigenvalue weighted by Gasteiger charge is 2.24. The predicted molar refractivity (Wildman–Crippen MR) is 124 cm³/mol. The highest BCUT2D eigenvalue weighted by Crippen LogP contribution is 2.20. The molecule has 1 atom stereocenters. The third-order valence-electron chi connectivity index (χ3n) is 5.09. The summed E-state index contributed by atoms with van der Waals surface area (Å²) in [5.74, 6) is -0.873. The van der Waals surface area contributed by atoms with Gasteiger partial charge >= 0.3 is 0 Å². The molecule has 8 nitrogen and oxygen atoms in total. The molecule has 10 heteroatoms. The Hall–Kier alpha value is -2.40. The van der Waals surface area contributed by atoms with E-state index in [1.807, 2.05) is 6.26 Å². The van der Waals surface area contributed by atoms with E-state index in [1.165, 1.54) is 30.9 Å². The van der Waals surface area contributed by atoms with E-state index in [2.05, 4.69) is 10.6 Å². The summed E-state index contributed by atoms with van der Waals surface area (Å²) in [4.78, 5) is 26.2. The van der Waals surface area contributed by atoms with E-state index in [9.17, 15) is 18.0 Å². The Morgan fingerprint density at radius 1 is 1.16 bits per heavy atom. The van der Waals surface area contributed by atoms with Crippen molar-refractivity contribution >= 4 is 39.3 Å². The van der Waals surface area contributed by atoms with Crippen molar-refractivity contribution in [3.05, 3.63) is 54.1 Å². The SMILES string of the molecule is CSc1ccc(S(=O)(=O)N(C)CC(=O)Nc2ccccc2C(=O)NC[C@@H]2CCCO2)cc1. The lowest BCUT2D eigenvalue weighted by molar-refractivity contribution is -0.116. The molecule has 0 unspecified atom stereocenters. The molecule has 172 valence electrons. The van der Waals surface area contributed by atoms with Gasteiger partial charge in [-0.1, -0.05) is 12.1 Å². The van der Waals surface area contributed by atoms with Gasteiger partial charge in [0, 0.05) is 25.1 Å². The normalized spacial score (nSPS) is 16.2. The average molecular weight is 478 g/mol. The summed E-state index contributed by atoms with van der Waals surface area (Å²) in [5, 5.41) is 5.48. The maximum Gasteiger partial charge on any atom is 0.253 e. The number of thioether (sulfide) groups is 1. The van der Waals surface area contributed by atoms with E-state index in [0.29, 0.717) is 24.4 Å². The number of para-hydroxylation sites is 1. The molecule has 1 fully saturated rings. The summed E-state index contributed by atoms with van der Waals surface area (Å²) in [7, 11) is -2.48. The molecule has 1 saturated heterocycles. The van der Waals surface area contributed by atoms with Crippen molar-refractivity contribution in [2.24, 2.45) is 0 Å². The number of rotatable bonds is 9. The number of carbonyl (C=O) groups excluding carboxylic acids is 2. The number of likely N-dealkylation sites (N-methyl/N-ethyl adjacent to an activating group) is 1. The quantitative estimate of drug-likeness (QED) is 0.538. The van der Waals surface area contributed by atoms with Crippen LogP contribution in [0, 0.1) is 0 Å². The molecule has 0 spiro atoms. The first kappa shape index (κ1) is 24.2. The van der Waals surface area contributed by atoms with Crippen molar-refractivity contribution in [1.29, 1.82) is 0 Å². The van der Waals surface area contributed by atoms with Crippen LogP contribution in [0.15, 0.2) is 58.3 Å². The van der Waals surface area contributed by atoms with Gasteiger partial charge in [0.2, 0.25) is 15.9 Å². The molecule has 3 rings (SSSR count). The summed E-state index contributed by atoms with van der Waals surface area (Å²) >= 11 is 1.51. The minimum Gasteiger partial charge on any atom is -0.376 e. The van der Waals surface area contributed by atoms with Crippen molar-refractivity contribution in [2.45, 2.75) is 28.7 Å². The summed E-state index contributed by atoms with van der Waals surface area (Å²) in [6.07, 6.45) is 3.79. The largest absolute Gasteiger partial charge is 0.376 e. The zero-order valence-corrected chi connectivity index (χ0v) is 19.7. The molecule has 0 aromatic heterocycles. The monoisotopic (exact) mass is 477 g/mol. The van der Waals surface area contributed by atoms with Gasteiger partial charge < -0.3 is 15.4 Å². The van der Waals surface area contributed by atoms with Gasteiger partial charge in [0.1, 0.15) is 0 Å². The van der Waals surface area contributed by atoms with Crippen molar-refractivity contribution < 1.29 is 22.7 Å². The Kier molecular flexibility index (Phi) is 8.30. The molecule has 2 aromatic rings. The number of amides is 2. The first-order chi connectivity index (χ1) is 15.3. The third-order valence-corrected chi connectivity index (χ3v) is 7.66. The Morgan fingerprint density at radius 2 is 1.88 bits per heavy atom. The zero-order chi connectivity index (χ0) is 23.1. The molecule has 1 aliphatic heterocycles. The highest BCUT2D eigenvalue weighted by atomic mass is 32.2. The third kappa shape index (κ3) is 6.10. The molecule has 0 saturated carbocycles. The van der Waals surface area contributed by atoms with E-state index in [0.717, 1.165) is 22.0 Å². The smallest absolute Gasteiger partial charge is 0.253 e. The zero-order valence-electron chi connectivity index (χ0n) is 18.0. The molecule has 2 aromatic carbocycles. The second kappa shape index (κ2) is 11.0. The molecule has 0 radical (unpaired) electrons. The Labute approximate surface area is 192 Å². The lowest BCUT2D eigenvalue weighted by atomic mass is 10.1. The molecule has 1 heterocycles. The van der Waals surface area contributed by atoms with Crippen molar-refractivity contribution in [3.8, 4) is 0 Å². The average Bonchev–Trinajstić information content (AvgIpc) is 3.31. The van der Waals surface area contributed by atoms with Crippen molar-refractivity contribution in [3.63, 3.8) is 0 Å². The van der Waals surface area contributed by atoms with Crippen molar-refractivity contribution in [1.82, 2.24) is 9.62 Å². The van der Waals surface area contributed by atoms with E-state index in [-0.39, 0.29) is 16.9 Å². The van der Waals surface area contributed by atoms with Gasteiger partial charge in [0.05, 0.1) is 28.8 Å². The number of nitrogens with zero attached hydrogens (tertiary/aromatic N) is 1. The van der Waals surface area contributed by atoms with Crippen LogP contribution in [0.3, 0.4) is 0 Å². The van der Waals surface area contributed by atoms with Crippen LogP contribution in [0.4, 0.5) is 5.69 Å². The maximum atomic E-state index is 12.8. The molecule has 0 bridgehead atoms. The van der Waals surface area contributed by atoms with E-state index in [4.69, 9.17) is 4.74 Å². The van der Waals surface area contributed by atoms with E-state index >= 15 is 0 Å². The van der Waals surface area contributed by atoms with Crippen LogP contribution < -0.4 is 10.6 Å². The summed E-state index contributed by atoms with van der Waals surface area (Å²) in [5.41, 5.74) is 0.620. The molecule has 1 aliphatic rings. The van der Waals surface area contributed by atoms with Crippen LogP contribution in [0.1, 0.15) is 23.2 Å². The highest BCUT2D eigenvalue weighted by molar-refractivity contribution is 7.98. The fourth-order valence-electron chi connectivity index (χ4n) is 3.30. The number of carbonyl (C=O) groups is 2. The van der Waals surface area contributed by atoms with Gasteiger partial charge in [-0.15, -0.1) is 11.8 Å². The molecule has 32 heavy (non-hydrogen) atoms. The van der Waals surface area contributed by atoms with Crippen LogP contribution in [0.25, 0.3) is 0 Å². The van der Waals surface area contributed by atoms with Gasteiger partial charge in [-0.25, -0.2) is 8.42 Å². The summed E-state index contributed by atoms with van der Waals surface area (Å²) in [6.45, 7) is 0.710. The second-order valence-electron chi connectivity index (χ2n) is 7.38. The predicted octanol–water partition coefficient (Wildman–Crippen LogP) is 2.58. The van der Waals surface area contributed by atoms with Crippen LogP contribution in [-0.4, -0.2) is 63.6 Å². The lowest BCUT2D eigenvalue weighted by Crippen LogP contribution is -2.36. The van der Waals surface area contributed by atoms with Gasteiger partial charge in [-0.2, -0.15) is 4.31 Å². The number of hydrogen-bond donors (Lipinski definition) is 2. The van der Waals surface area contributed by atoms with Crippen LogP contribution in [0.5, 0.6) is 0 Å². The first-order valence-electron chi connectivity index (χ1n) is 10.2. The number of anilines is 1. The van der Waals surface area contributed by atoms with Gasteiger partial charge in [-0.05, 0) is 55.5 Å². The summed E-state index contributed by atoms with van der Waals surface area (Å²) in [6, 6.07) is 13.1. The number of nitrogens with one attached hydrogen (secondary N) is 2.